The van der Waals surface area contributed by atoms with Crippen LogP contribution in [0.1, 0.15) is 107 Å². The summed E-state index contributed by atoms with van der Waals surface area (Å²) in [5.41, 5.74) is 3.00. The van der Waals surface area contributed by atoms with Gasteiger partial charge in [-0.25, -0.2) is 0 Å². The van der Waals surface area contributed by atoms with Gasteiger partial charge in [-0.3, -0.25) is 38.5 Å². The second-order valence-corrected chi connectivity index (χ2v) is 26.7. The Kier molecular flexibility index (Phi) is 24.7. The van der Waals surface area contributed by atoms with Crippen LogP contribution < -0.4 is 36.8 Å². The normalized spacial score (nSPS) is 29.5. The zero-order valence-electron chi connectivity index (χ0n) is 53.5. The molecule has 6 fully saturated rings. The van der Waals surface area contributed by atoms with E-state index in [0.29, 0.717) is 6.04 Å². The zero-order chi connectivity index (χ0) is 67.5. The molecular formula is C67H96N10O17. The number of aromatic hydroxyl groups is 2. The Morgan fingerprint density at radius 1 is 0.638 bits per heavy atom. The summed E-state index contributed by atoms with van der Waals surface area (Å²) < 4.78 is 0. The van der Waals surface area contributed by atoms with Gasteiger partial charge in [0.25, 0.3) is 5.91 Å². The molecule has 3 aromatic rings. The second-order valence-electron chi connectivity index (χ2n) is 26.7. The van der Waals surface area contributed by atoms with Crippen LogP contribution >= 0.6 is 0 Å². The van der Waals surface area contributed by atoms with Gasteiger partial charge >= 0.3 is 0 Å². The van der Waals surface area contributed by atoms with E-state index >= 15 is 0 Å². The predicted molar refractivity (Wildman–Crippen MR) is 343 cm³/mol. The molecule has 0 radical (unpaired) electrons. The van der Waals surface area contributed by atoms with Gasteiger partial charge in [0.1, 0.15) is 36.3 Å². The second kappa shape index (κ2) is 32.6. The molecule has 27 heteroatoms. The largest absolute Gasteiger partial charge is 0.504 e. The van der Waals surface area contributed by atoms with Crippen molar-refractivity contribution in [2.75, 3.05) is 70.5 Å². The topological polar surface area (TPSA) is 407 Å². The minimum Gasteiger partial charge on any atom is -0.504 e. The van der Waals surface area contributed by atoms with Crippen LogP contribution in [0.2, 0.25) is 0 Å². The SMILES string of the molecule is C[C@@H](O)[C@@H]1NC(=O)[C@@H](NC(=O)c2ccc(-c3ccc(N4CCN(C5CCC(C6CCCCC6)CC5)CC4)cc3)cc2)C[C@@H](O)CNC(=O)[C@@H]2[C@@H](O)[C@@H](C)CN2C(=O)[C@H]([C@H](O)CCNC(CO)CO)NC(=O)[C@H]([C@H](O)Cc2ccc(O)c(O)c2)NC(=O)[C@@H]2C[C@@H](O)CN2C1=O. The number of phenolic OH excluding ortho intramolecular Hbond substituents is 2. The lowest BCUT2D eigenvalue weighted by Gasteiger charge is -2.44. The van der Waals surface area contributed by atoms with Crippen LogP contribution in [0.3, 0.4) is 0 Å². The Hall–Kier alpha value is -7.05. The maximum absolute atomic E-state index is 14.9. The summed E-state index contributed by atoms with van der Waals surface area (Å²) in [6.07, 6.45) is 0.00741. The van der Waals surface area contributed by atoms with Gasteiger partial charge in [-0.05, 0) is 110 Å². The van der Waals surface area contributed by atoms with Gasteiger partial charge in [0.2, 0.25) is 35.4 Å². The molecule has 4 saturated heterocycles. The third-order valence-electron chi connectivity index (χ3n) is 20.1. The highest BCUT2D eigenvalue weighted by molar-refractivity contribution is 6.00. The molecule has 0 bridgehead atoms. The lowest BCUT2D eigenvalue weighted by molar-refractivity contribution is -0.147. The first kappa shape index (κ1) is 71.2. The first-order valence-corrected chi connectivity index (χ1v) is 33.4. The third kappa shape index (κ3) is 17.5. The van der Waals surface area contributed by atoms with Crippen molar-refractivity contribution < 1.29 is 84.6 Å². The van der Waals surface area contributed by atoms with Gasteiger partial charge in [-0.1, -0.05) is 69.4 Å². The van der Waals surface area contributed by atoms with Crippen molar-refractivity contribution in [1.29, 1.82) is 0 Å². The Morgan fingerprint density at radius 3 is 1.89 bits per heavy atom. The number of aliphatic hydroxyl groups excluding tert-OH is 8. The number of anilines is 1. The van der Waals surface area contributed by atoms with E-state index in [4.69, 9.17) is 0 Å². The molecule has 94 heavy (non-hydrogen) atoms. The Bertz CT molecular complexity index is 3060. The number of carbonyl (C=O) groups is 7. The van der Waals surface area contributed by atoms with Crippen LogP contribution in [0.4, 0.5) is 5.69 Å². The number of benzene rings is 3. The molecule has 7 amide bonds. The average molecular weight is 1310 g/mol. The summed E-state index contributed by atoms with van der Waals surface area (Å²) in [7, 11) is 0. The number of fused-ring (bicyclic) bond motifs is 2. The van der Waals surface area contributed by atoms with Crippen LogP contribution in [0.25, 0.3) is 11.1 Å². The lowest BCUT2D eigenvalue weighted by Crippen LogP contribution is -2.64. The Balaban J connectivity index is 0.938. The number of amides is 7. The van der Waals surface area contributed by atoms with E-state index in [1.54, 1.807) is 24.3 Å². The number of carbonyl (C=O) groups excluding carboxylic acids is 7. The standard InChI is InChI=1S/C67H96N10O17/c1-37-33-77-59(60(37)87)65(92)69-32-48(81)30-50(70-61(88)44-11-9-41(10-12-44)43-15-19-47(20-16-43)75-26-24-74(25-27-75)46-17-13-42(14-18-46)40-6-4-3-5-7-40)62(89)71-56(38(2)80)66(93)76-34-49(82)31-51(76)63(90)72-57(55(86)29-39-8-21-52(83)54(85)28-39)64(91)73-58(67(77)94)53(84)22-23-68-45(35-78)36-79/h8-12,15-16,19-21,28,37-38,40,42,45-46,48-51,53,55-60,68,78-87H,3-7,13-14,17-18,22-27,29-36H2,1-2H3,(H,69,92)(H,70,88)(H,71,89)(H,72,90)(H,73,91)/t37-,38+,42?,46?,48+,49+,50-,51-,53+,55+,56-,57-,58-,59-,60-/m0/s1. The van der Waals surface area contributed by atoms with E-state index in [-0.39, 0.29) is 30.6 Å². The lowest BCUT2D eigenvalue weighted by atomic mass is 9.72. The quantitative estimate of drug-likeness (QED) is 0.0670. The molecule has 4 aliphatic heterocycles. The highest BCUT2D eigenvalue weighted by Crippen LogP contribution is 2.40. The summed E-state index contributed by atoms with van der Waals surface area (Å²) in [6, 6.07) is 6.87. The van der Waals surface area contributed by atoms with E-state index in [1.807, 2.05) is 12.1 Å². The van der Waals surface area contributed by atoms with Crippen LogP contribution in [-0.2, 0) is 35.2 Å². The fourth-order valence-corrected chi connectivity index (χ4v) is 14.6. The molecule has 0 unspecified atom stereocenters. The van der Waals surface area contributed by atoms with Gasteiger partial charge in [0.05, 0.1) is 55.9 Å². The number of phenols is 2. The average Bonchev–Trinajstić information content (AvgIpc) is 1.63. The summed E-state index contributed by atoms with van der Waals surface area (Å²) in [6.45, 7) is 3.81. The fourth-order valence-electron chi connectivity index (χ4n) is 14.6. The summed E-state index contributed by atoms with van der Waals surface area (Å²) in [5.74, 6) is -7.81. The molecule has 2 saturated carbocycles. The number of aliphatic hydroxyl groups is 8. The number of piperazine rings is 1. The summed E-state index contributed by atoms with van der Waals surface area (Å²) in [4.78, 5) is 109. The van der Waals surface area contributed by atoms with Gasteiger partial charge in [-0.15, -0.1) is 0 Å². The van der Waals surface area contributed by atoms with Crippen LogP contribution in [-0.4, -0.2) is 258 Å². The number of nitrogens with one attached hydrogen (secondary N) is 6. The van der Waals surface area contributed by atoms with Gasteiger partial charge in [0.15, 0.2) is 11.5 Å². The summed E-state index contributed by atoms with van der Waals surface area (Å²) >= 11 is 0. The Labute approximate surface area is 547 Å². The maximum Gasteiger partial charge on any atom is 0.251 e. The maximum atomic E-state index is 14.9. The number of rotatable bonds is 17. The number of hydrogen-bond acceptors (Lipinski definition) is 20. The van der Waals surface area contributed by atoms with Gasteiger partial charge in [-0.2, -0.15) is 0 Å². The van der Waals surface area contributed by atoms with Gasteiger partial charge < -0.3 is 97.7 Å². The molecule has 3 aromatic carbocycles. The number of β-amino-alcohol motifs (C(OH)–C–C–N with tert-alkyl or cyclic N) is 1. The molecular weight excluding hydrogens is 1220 g/mol. The van der Waals surface area contributed by atoms with E-state index in [9.17, 15) is 84.6 Å². The molecule has 516 valence electrons. The summed E-state index contributed by atoms with van der Waals surface area (Å²) in [5, 5.41) is 124. The van der Waals surface area contributed by atoms with E-state index < -0.39 is 183 Å². The molecule has 9 rings (SSSR count). The molecule has 16 N–H and O–H groups in total. The minimum atomic E-state index is -2.11. The predicted octanol–water partition coefficient (Wildman–Crippen LogP) is -1.69. The van der Waals surface area contributed by atoms with E-state index in [0.717, 1.165) is 83.7 Å². The number of nitrogens with zero attached hydrogens (tertiary/aromatic N) is 4. The van der Waals surface area contributed by atoms with Crippen LogP contribution in [0, 0.1) is 17.8 Å². The van der Waals surface area contributed by atoms with Crippen molar-refractivity contribution in [3.05, 3.63) is 77.9 Å². The van der Waals surface area contributed by atoms with Crippen molar-refractivity contribution in [2.45, 2.75) is 182 Å². The molecule has 0 aromatic heterocycles. The van der Waals surface area contributed by atoms with E-state index in [2.05, 4.69) is 53.8 Å². The molecule has 4 heterocycles. The van der Waals surface area contributed by atoms with Crippen LogP contribution in [0.15, 0.2) is 66.7 Å². The third-order valence-corrected chi connectivity index (χ3v) is 20.1. The monoisotopic (exact) mass is 1310 g/mol. The minimum absolute atomic E-state index is 0.0904. The van der Waals surface area contributed by atoms with E-state index in [1.165, 1.54) is 70.8 Å². The van der Waals surface area contributed by atoms with Crippen molar-refractivity contribution >= 4 is 47.0 Å². The first-order chi connectivity index (χ1) is 45.0. The zero-order valence-corrected chi connectivity index (χ0v) is 53.5. The molecule has 0 spiro atoms. The van der Waals surface area contributed by atoms with Crippen molar-refractivity contribution in [2.24, 2.45) is 17.8 Å². The van der Waals surface area contributed by atoms with Crippen molar-refractivity contribution in [1.82, 2.24) is 46.6 Å². The first-order valence-electron chi connectivity index (χ1n) is 33.4. The molecule has 27 nitrogen and oxygen atoms in total. The molecule has 6 aliphatic rings. The molecule has 2 aliphatic carbocycles. The van der Waals surface area contributed by atoms with Crippen LogP contribution in [0.5, 0.6) is 11.5 Å². The fraction of sp³-hybridized carbons (Fsp3) is 0.627. The number of hydrogen-bond donors (Lipinski definition) is 16. The Morgan fingerprint density at radius 2 is 1.26 bits per heavy atom. The highest BCUT2D eigenvalue weighted by atomic mass is 16.3. The molecule has 13 atom stereocenters. The smallest absolute Gasteiger partial charge is 0.251 e. The van der Waals surface area contributed by atoms with Crippen molar-refractivity contribution in [3.63, 3.8) is 0 Å². The highest BCUT2D eigenvalue weighted by Gasteiger charge is 2.50. The van der Waals surface area contributed by atoms with Gasteiger partial charge in [0, 0.05) is 88.3 Å². The van der Waals surface area contributed by atoms with Crippen molar-refractivity contribution in [3.8, 4) is 22.6 Å².